The summed E-state index contributed by atoms with van der Waals surface area (Å²) in [6, 6.07) is 13.7. The summed E-state index contributed by atoms with van der Waals surface area (Å²) < 4.78 is 5.41. The molecule has 2 aliphatic heterocycles. The average molecular weight is 393 g/mol. The zero-order valence-corrected chi connectivity index (χ0v) is 15.4. The fourth-order valence-electron chi connectivity index (χ4n) is 3.80. The van der Waals surface area contributed by atoms with E-state index >= 15 is 0 Å². The number of hydrogen-bond donors (Lipinski definition) is 2. The Kier molecular flexibility index (Phi) is 4.90. The van der Waals surface area contributed by atoms with E-state index in [9.17, 15) is 19.5 Å². The van der Waals surface area contributed by atoms with Crippen LogP contribution in [0.2, 0.25) is 0 Å². The molecule has 8 nitrogen and oxygen atoms in total. The van der Waals surface area contributed by atoms with Gasteiger partial charge in [-0.15, -0.1) is 0 Å². The van der Waals surface area contributed by atoms with E-state index in [0.717, 1.165) is 16.0 Å². The number of hydrogen-bond acceptors (Lipinski definition) is 6. The molecule has 4 rings (SSSR count). The minimum absolute atomic E-state index is 0.00891. The molecule has 148 valence electrons. The molecule has 0 aromatic heterocycles. The molecule has 2 heterocycles. The van der Waals surface area contributed by atoms with Gasteiger partial charge in [0.2, 0.25) is 0 Å². The SMILES string of the molecule is NC1C(=C=O)C(=O)N2c3c(cccc3N1C(=O)OCc1ccccc1)CC2CO. The second kappa shape index (κ2) is 7.52. The van der Waals surface area contributed by atoms with Gasteiger partial charge in [-0.1, -0.05) is 42.5 Å². The van der Waals surface area contributed by atoms with E-state index in [1.807, 2.05) is 36.4 Å². The number of aliphatic hydroxyl groups excluding tert-OH is 1. The van der Waals surface area contributed by atoms with Gasteiger partial charge in [-0.05, 0) is 23.6 Å². The van der Waals surface area contributed by atoms with Crippen molar-refractivity contribution in [2.75, 3.05) is 16.4 Å². The number of anilines is 2. The minimum Gasteiger partial charge on any atom is -0.444 e. The highest BCUT2D eigenvalue weighted by molar-refractivity contribution is 6.17. The summed E-state index contributed by atoms with van der Waals surface area (Å²) in [7, 11) is 0. The molecule has 8 heteroatoms. The van der Waals surface area contributed by atoms with Crippen molar-refractivity contribution in [3.05, 3.63) is 65.2 Å². The minimum atomic E-state index is -1.36. The molecule has 2 unspecified atom stereocenters. The van der Waals surface area contributed by atoms with Gasteiger partial charge in [0.25, 0.3) is 5.91 Å². The Bertz CT molecular complexity index is 1020. The van der Waals surface area contributed by atoms with E-state index in [0.29, 0.717) is 17.8 Å². The van der Waals surface area contributed by atoms with Gasteiger partial charge in [-0.3, -0.25) is 14.6 Å². The molecule has 2 aromatic rings. The fourth-order valence-corrected chi connectivity index (χ4v) is 3.80. The summed E-state index contributed by atoms with van der Waals surface area (Å²) in [5.41, 5.74) is 8.11. The molecule has 2 amide bonds. The van der Waals surface area contributed by atoms with E-state index in [1.165, 1.54) is 4.90 Å². The second-order valence-corrected chi connectivity index (χ2v) is 6.87. The van der Waals surface area contributed by atoms with Gasteiger partial charge < -0.3 is 15.6 Å². The van der Waals surface area contributed by atoms with Crippen LogP contribution in [-0.4, -0.2) is 41.9 Å². The molecule has 3 N–H and O–H groups in total. The molecule has 2 aliphatic rings. The van der Waals surface area contributed by atoms with Gasteiger partial charge in [-0.2, -0.15) is 0 Å². The Hall–Kier alpha value is -3.45. The van der Waals surface area contributed by atoms with Crippen molar-refractivity contribution in [2.45, 2.75) is 25.2 Å². The highest BCUT2D eigenvalue weighted by atomic mass is 16.6. The molecule has 2 atom stereocenters. The highest BCUT2D eigenvalue weighted by Gasteiger charge is 2.45. The van der Waals surface area contributed by atoms with Crippen molar-refractivity contribution in [1.29, 1.82) is 0 Å². The van der Waals surface area contributed by atoms with Crippen LogP contribution < -0.4 is 15.5 Å². The zero-order chi connectivity index (χ0) is 20.5. The molecule has 2 aromatic carbocycles. The number of ether oxygens (including phenoxy) is 1. The first-order valence-corrected chi connectivity index (χ1v) is 9.13. The van der Waals surface area contributed by atoms with Crippen LogP contribution >= 0.6 is 0 Å². The molecular formula is C21H19N3O5. The highest BCUT2D eigenvalue weighted by Crippen LogP contribution is 2.44. The van der Waals surface area contributed by atoms with Gasteiger partial charge in [0, 0.05) is 0 Å². The lowest BCUT2D eigenvalue weighted by Gasteiger charge is -2.27. The van der Waals surface area contributed by atoms with Crippen LogP contribution in [0, 0.1) is 0 Å². The lowest BCUT2D eigenvalue weighted by Crippen LogP contribution is -2.50. The summed E-state index contributed by atoms with van der Waals surface area (Å²) >= 11 is 0. The Labute approximate surface area is 166 Å². The third-order valence-electron chi connectivity index (χ3n) is 5.17. The van der Waals surface area contributed by atoms with Crippen LogP contribution in [0.3, 0.4) is 0 Å². The Morgan fingerprint density at radius 1 is 1.21 bits per heavy atom. The monoisotopic (exact) mass is 393 g/mol. The predicted octanol–water partition coefficient (Wildman–Crippen LogP) is 1.14. The van der Waals surface area contributed by atoms with Gasteiger partial charge in [0.15, 0.2) is 0 Å². The molecule has 0 saturated heterocycles. The maximum Gasteiger partial charge on any atom is 0.416 e. The largest absolute Gasteiger partial charge is 0.444 e. The first kappa shape index (κ1) is 18.9. The van der Waals surface area contributed by atoms with Gasteiger partial charge in [0.1, 0.15) is 24.3 Å². The molecule has 29 heavy (non-hydrogen) atoms. The number of carbonyl (C=O) groups is 2. The molecule has 0 fully saturated rings. The lowest BCUT2D eigenvalue weighted by molar-refractivity contribution is -0.115. The van der Waals surface area contributed by atoms with Crippen molar-refractivity contribution < 1.29 is 24.2 Å². The predicted molar refractivity (Wildman–Crippen MR) is 105 cm³/mol. The standard InChI is InChI=1S/C21H19N3O5/c22-19-16(11-26)20(27)23-15(10-25)9-14-7-4-8-17(18(14)23)24(19)21(28)29-12-13-5-2-1-3-6-13/h1-8,15,19,25H,9-10,12,22H2. The first-order valence-electron chi connectivity index (χ1n) is 9.13. The van der Waals surface area contributed by atoms with Crippen molar-refractivity contribution in [3.63, 3.8) is 0 Å². The number of carbonyl (C=O) groups excluding carboxylic acids is 3. The van der Waals surface area contributed by atoms with Crippen molar-refractivity contribution in [1.82, 2.24) is 0 Å². The number of nitrogens with zero attached hydrogens (tertiary/aromatic N) is 2. The average Bonchev–Trinajstić information content (AvgIpc) is 3.09. The van der Waals surface area contributed by atoms with E-state index in [-0.39, 0.29) is 13.2 Å². The van der Waals surface area contributed by atoms with E-state index < -0.39 is 29.8 Å². The summed E-state index contributed by atoms with van der Waals surface area (Å²) in [6.45, 7) is -0.283. The second-order valence-electron chi connectivity index (χ2n) is 6.87. The van der Waals surface area contributed by atoms with Crippen LogP contribution in [0.5, 0.6) is 0 Å². The summed E-state index contributed by atoms with van der Waals surface area (Å²) in [4.78, 5) is 39.9. The molecule has 0 saturated carbocycles. The molecule has 0 bridgehead atoms. The maximum absolute atomic E-state index is 13.0. The lowest BCUT2D eigenvalue weighted by atomic mass is 10.1. The number of amides is 2. The van der Waals surface area contributed by atoms with Gasteiger partial charge in [0.05, 0.1) is 24.0 Å². The number of para-hydroxylation sites is 1. The Balaban J connectivity index is 1.76. The Morgan fingerprint density at radius 2 is 1.97 bits per heavy atom. The zero-order valence-electron chi connectivity index (χ0n) is 15.4. The smallest absolute Gasteiger partial charge is 0.416 e. The number of benzene rings is 2. The van der Waals surface area contributed by atoms with Gasteiger partial charge >= 0.3 is 6.09 Å². The third kappa shape index (κ3) is 3.09. The van der Waals surface area contributed by atoms with E-state index in [1.54, 1.807) is 18.1 Å². The molecular weight excluding hydrogens is 374 g/mol. The normalized spacial score (nSPS) is 20.2. The van der Waals surface area contributed by atoms with Crippen molar-refractivity contribution in [2.24, 2.45) is 5.73 Å². The van der Waals surface area contributed by atoms with Crippen LogP contribution in [0.15, 0.2) is 54.1 Å². The van der Waals surface area contributed by atoms with Crippen LogP contribution in [0.4, 0.5) is 16.2 Å². The van der Waals surface area contributed by atoms with E-state index in [2.05, 4.69) is 0 Å². The van der Waals surface area contributed by atoms with Crippen molar-refractivity contribution in [3.8, 4) is 0 Å². The molecule has 0 spiro atoms. The number of nitrogens with two attached hydrogens (primary N) is 1. The molecule has 0 radical (unpaired) electrons. The summed E-state index contributed by atoms with van der Waals surface area (Å²) in [5, 5.41) is 9.74. The van der Waals surface area contributed by atoms with Crippen molar-refractivity contribution >= 4 is 29.3 Å². The maximum atomic E-state index is 13.0. The Morgan fingerprint density at radius 3 is 2.66 bits per heavy atom. The summed E-state index contributed by atoms with van der Waals surface area (Å²) in [5.74, 6) is 0.918. The van der Waals surface area contributed by atoms with Crippen LogP contribution in [-0.2, 0) is 27.4 Å². The number of aliphatic hydroxyl groups is 1. The fraction of sp³-hybridized carbons (Fsp3) is 0.238. The number of rotatable bonds is 3. The van der Waals surface area contributed by atoms with Gasteiger partial charge in [-0.25, -0.2) is 9.59 Å². The van der Waals surface area contributed by atoms with Crippen LogP contribution in [0.1, 0.15) is 11.1 Å². The molecule has 0 aliphatic carbocycles. The topological polar surface area (TPSA) is 113 Å². The first-order chi connectivity index (χ1) is 14.1. The van der Waals surface area contributed by atoms with E-state index in [4.69, 9.17) is 10.5 Å². The quantitative estimate of drug-likeness (QED) is 0.597. The van der Waals surface area contributed by atoms with Crippen LogP contribution in [0.25, 0.3) is 0 Å². The third-order valence-corrected chi connectivity index (χ3v) is 5.17. The summed E-state index contributed by atoms with van der Waals surface area (Å²) in [6.07, 6.45) is -1.75.